The maximum atomic E-state index is 12.1. The molecular weight excluding hydrogens is 256 g/mol. The smallest absolute Gasteiger partial charge is 0.246 e. The van der Waals surface area contributed by atoms with Gasteiger partial charge in [-0.15, -0.1) is 0 Å². The van der Waals surface area contributed by atoms with Gasteiger partial charge in [-0.1, -0.05) is 30.3 Å². The van der Waals surface area contributed by atoms with Crippen LogP contribution in [-0.4, -0.2) is 18.0 Å². The fourth-order valence-corrected chi connectivity index (χ4v) is 2.82. The van der Waals surface area contributed by atoms with E-state index in [9.17, 15) is 4.79 Å². The van der Waals surface area contributed by atoms with Gasteiger partial charge in [0.05, 0.1) is 6.61 Å². The molecule has 0 aromatic heterocycles. The molecule has 6 nitrogen and oxygen atoms in total. The molecule has 1 heterocycles. The summed E-state index contributed by atoms with van der Waals surface area (Å²) in [5.41, 5.74) is 12.8. The van der Waals surface area contributed by atoms with Gasteiger partial charge < -0.3 is 0 Å². The normalized spacial score (nSPS) is 28.9. The molecule has 1 saturated heterocycles. The van der Waals surface area contributed by atoms with E-state index < -0.39 is 0 Å². The van der Waals surface area contributed by atoms with Gasteiger partial charge >= 0.3 is 0 Å². The molecule has 2 fully saturated rings. The largest absolute Gasteiger partial charge is 0.272 e. The van der Waals surface area contributed by atoms with Crippen LogP contribution in [0, 0.1) is 5.92 Å². The predicted molar refractivity (Wildman–Crippen MR) is 73.7 cm³/mol. The van der Waals surface area contributed by atoms with Crippen molar-refractivity contribution in [3.8, 4) is 0 Å². The van der Waals surface area contributed by atoms with Gasteiger partial charge in [0, 0.05) is 18.0 Å². The first kappa shape index (κ1) is 13.5. The van der Waals surface area contributed by atoms with Crippen LogP contribution in [0.4, 0.5) is 0 Å². The van der Waals surface area contributed by atoms with Crippen LogP contribution in [-0.2, 0) is 16.2 Å². The SMILES string of the molecule is O=C(NOCc1ccccc1)C1CCC2NNNC2C1. The Hall–Kier alpha value is -1.47. The van der Waals surface area contributed by atoms with Gasteiger partial charge in [-0.05, 0) is 24.8 Å². The van der Waals surface area contributed by atoms with Crippen LogP contribution in [0.3, 0.4) is 0 Å². The molecule has 6 heteroatoms. The minimum Gasteiger partial charge on any atom is -0.272 e. The molecule has 1 saturated carbocycles. The van der Waals surface area contributed by atoms with Crippen molar-refractivity contribution in [3.05, 3.63) is 35.9 Å². The Bertz CT molecular complexity index is 454. The molecule has 0 bridgehead atoms. The maximum Gasteiger partial charge on any atom is 0.246 e. The van der Waals surface area contributed by atoms with Crippen molar-refractivity contribution in [3.63, 3.8) is 0 Å². The first-order valence-electron chi connectivity index (χ1n) is 7.04. The Balaban J connectivity index is 1.43. The topological polar surface area (TPSA) is 74.4 Å². The molecule has 0 radical (unpaired) electrons. The molecule has 20 heavy (non-hydrogen) atoms. The van der Waals surface area contributed by atoms with Crippen LogP contribution in [0.15, 0.2) is 30.3 Å². The maximum absolute atomic E-state index is 12.1. The molecular formula is C14H20N4O2. The van der Waals surface area contributed by atoms with Crippen molar-refractivity contribution in [2.45, 2.75) is 38.0 Å². The van der Waals surface area contributed by atoms with Gasteiger partial charge in [0.2, 0.25) is 5.91 Å². The van der Waals surface area contributed by atoms with E-state index in [0.29, 0.717) is 18.7 Å². The lowest BCUT2D eigenvalue weighted by molar-refractivity contribution is -0.140. The fraction of sp³-hybridized carbons (Fsp3) is 0.500. The molecule has 0 spiro atoms. The number of rotatable bonds is 4. The van der Waals surface area contributed by atoms with E-state index in [1.165, 1.54) is 0 Å². The van der Waals surface area contributed by atoms with E-state index >= 15 is 0 Å². The van der Waals surface area contributed by atoms with Crippen molar-refractivity contribution in [1.29, 1.82) is 0 Å². The average molecular weight is 276 g/mol. The van der Waals surface area contributed by atoms with Crippen molar-refractivity contribution in [2.75, 3.05) is 0 Å². The second kappa shape index (κ2) is 6.32. The minimum atomic E-state index is -0.0203. The summed E-state index contributed by atoms with van der Waals surface area (Å²) in [5.74, 6) is -0.00527. The number of carbonyl (C=O) groups is 1. The van der Waals surface area contributed by atoms with Gasteiger partial charge in [-0.3, -0.25) is 9.63 Å². The zero-order valence-corrected chi connectivity index (χ0v) is 11.3. The van der Waals surface area contributed by atoms with Crippen LogP contribution < -0.4 is 21.9 Å². The number of hydrazine groups is 2. The molecule has 3 atom stereocenters. The summed E-state index contributed by atoms with van der Waals surface area (Å²) >= 11 is 0. The summed E-state index contributed by atoms with van der Waals surface area (Å²) < 4.78 is 0. The number of amides is 1. The summed E-state index contributed by atoms with van der Waals surface area (Å²) in [5, 5.41) is 0. The standard InChI is InChI=1S/C14H20N4O2/c19-14(17-20-9-10-4-2-1-3-5-10)11-6-7-12-13(8-11)16-18-15-12/h1-5,11-13,15-16,18H,6-9H2,(H,17,19). The van der Waals surface area contributed by atoms with Crippen molar-refractivity contribution in [2.24, 2.45) is 5.92 Å². The Morgan fingerprint density at radius 1 is 1.20 bits per heavy atom. The second-order valence-corrected chi connectivity index (χ2v) is 5.38. The number of benzene rings is 1. The van der Waals surface area contributed by atoms with Gasteiger partial charge in [0.15, 0.2) is 0 Å². The van der Waals surface area contributed by atoms with E-state index in [-0.39, 0.29) is 11.8 Å². The number of hydrogen-bond donors (Lipinski definition) is 4. The summed E-state index contributed by atoms with van der Waals surface area (Å²) in [6.45, 7) is 0.396. The predicted octanol–water partition coefficient (Wildman–Crippen LogP) is 0.384. The van der Waals surface area contributed by atoms with Crippen molar-refractivity contribution in [1.82, 2.24) is 21.9 Å². The third kappa shape index (κ3) is 3.16. The van der Waals surface area contributed by atoms with E-state index in [1.54, 1.807) is 0 Å². The van der Waals surface area contributed by atoms with E-state index in [4.69, 9.17) is 4.84 Å². The monoisotopic (exact) mass is 276 g/mol. The lowest BCUT2D eigenvalue weighted by Gasteiger charge is -2.29. The molecule has 1 aliphatic carbocycles. The Kier molecular flexibility index (Phi) is 4.27. The summed E-state index contributed by atoms with van der Waals surface area (Å²) in [6.07, 6.45) is 2.70. The lowest BCUT2D eigenvalue weighted by Crippen LogP contribution is -2.44. The fourth-order valence-electron chi connectivity index (χ4n) is 2.82. The summed E-state index contributed by atoms with van der Waals surface area (Å²) in [7, 11) is 0. The Morgan fingerprint density at radius 3 is 2.85 bits per heavy atom. The molecule has 1 aromatic carbocycles. The molecule has 4 N–H and O–H groups in total. The quantitative estimate of drug-likeness (QED) is 0.599. The zero-order valence-electron chi connectivity index (χ0n) is 11.3. The summed E-state index contributed by atoms with van der Waals surface area (Å²) in [4.78, 5) is 17.4. The molecule has 3 rings (SSSR count). The van der Waals surface area contributed by atoms with Crippen LogP contribution in [0.2, 0.25) is 0 Å². The second-order valence-electron chi connectivity index (χ2n) is 5.38. The van der Waals surface area contributed by atoms with Crippen molar-refractivity contribution >= 4 is 5.91 Å². The highest BCUT2D eigenvalue weighted by Crippen LogP contribution is 2.25. The van der Waals surface area contributed by atoms with Crippen LogP contribution in [0.5, 0.6) is 0 Å². The first-order valence-corrected chi connectivity index (χ1v) is 7.04. The van der Waals surface area contributed by atoms with Gasteiger partial charge in [-0.25, -0.2) is 16.3 Å². The molecule has 1 aromatic rings. The molecule has 1 amide bonds. The van der Waals surface area contributed by atoms with Gasteiger partial charge in [-0.2, -0.15) is 5.53 Å². The highest BCUT2D eigenvalue weighted by molar-refractivity contribution is 5.77. The summed E-state index contributed by atoms with van der Waals surface area (Å²) in [6, 6.07) is 10.5. The van der Waals surface area contributed by atoms with Crippen LogP contribution >= 0.6 is 0 Å². The number of hydrogen-bond acceptors (Lipinski definition) is 5. The van der Waals surface area contributed by atoms with Crippen molar-refractivity contribution < 1.29 is 9.63 Å². The Morgan fingerprint density at radius 2 is 2.00 bits per heavy atom. The van der Waals surface area contributed by atoms with E-state index in [2.05, 4.69) is 21.9 Å². The van der Waals surface area contributed by atoms with Gasteiger partial charge in [0.25, 0.3) is 0 Å². The number of hydroxylamine groups is 1. The first-order chi connectivity index (χ1) is 9.83. The molecule has 3 unspecified atom stereocenters. The van der Waals surface area contributed by atoms with Crippen LogP contribution in [0.1, 0.15) is 24.8 Å². The van der Waals surface area contributed by atoms with Gasteiger partial charge in [0.1, 0.15) is 0 Å². The zero-order chi connectivity index (χ0) is 13.8. The highest BCUT2D eigenvalue weighted by Gasteiger charge is 2.36. The van der Waals surface area contributed by atoms with E-state index in [0.717, 1.165) is 24.8 Å². The highest BCUT2D eigenvalue weighted by atomic mass is 16.6. The van der Waals surface area contributed by atoms with Crippen LogP contribution in [0.25, 0.3) is 0 Å². The lowest BCUT2D eigenvalue weighted by atomic mass is 9.83. The third-order valence-electron chi connectivity index (χ3n) is 3.99. The minimum absolute atomic E-state index is 0.0150. The average Bonchev–Trinajstić information content (AvgIpc) is 2.95. The third-order valence-corrected chi connectivity index (χ3v) is 3.99. The Labute approximate surface area is 118 Å². The van der Waals surface area contributed by atoms with E-state index in [1.807, 2.05) is 30.3 Å². The number of carbonyl (C=O) groups excluding carboxylic acids is 1. The number of nitrogens with one attached hydrogen (secondary N) is 4. The molecule has 2 aliphatic rings. The number of fused-ring (bicyclic) bond motifs is 1. The molecule has 108 valence electrons. The molecule has 1 aliphatic heterocycles.